The van der Waals surface area contributed by atoms with Crippen molar-refractivity contribution in [3.8, 4) is 0 Å². The van der Waals surface area contributed by atoms with Crippen molar-refractivity contribution < 1.29 is 28.7 Å². The van der Waals surface area contributed by atoms with Crippen LogP contribution in [0.15, 0.2) is 77.7 Å². The fourth-order valence-corrected chi connectivity index (χ4v) is 7.96. The molecule has 0 radical (unpaired) electrons. The molecule has 3 amide bonds. The van der Waals surface area contributed by atoms with Gasteiger partial charge in [-0.25, -0.2) is 9.59 Å². The molecule has 1 aliphatic heterocycles. The van der Waals surface area contributed by atoms with Crippen LogP contribution in [0.2, 0.25) is 10.0 Å². The van der Waals surface area contributed by atoms with Crippen LogP contribution in [-0.4, -0.2) is 47.5 Å². The number of esters is 1. The molecule has 3 aromatic carbocycles. The molecule has 0 aliphatic carbocycles. The van der Waals surface area contributed by atoms with Crippen LogP contribution in [0.1, 0.15) is 69.7 Å². The Hall–Kier alpha value is -4.03. The van der Waals surface area contributed by atoms with Gasteiger partial charge >= 0.3 is 12.1 Å². The van der Waals surface area contributed by atoms with E-state index in [0.717, 1.165) is 16.0 Å². The van der Waals surface area contributed by atoms with Crippen molar-refractivity contribution in [1.82, 2.24) is 4.90 Å². The molecule has 13 heteroatoms. The number of nitrogens with zero attached hydrogens (tertiary/aromatic N) is 1. The van der Waals surface area contributed by atoms with Gasteiger partial charge in [0.1, 0.15) is 15.9 Å². The van der Waals surface area contributed by atoms with Crippen molar-refractivity contribution in [3.05, 3.63) is 110 Å². The molecule has 2 N–H and O–H groups in total. The molecule has 1 atom stereocenters. The highest BCUT2D eigenvalue weighted by Crippen LogP contribution is 2.41. The first-order chi connectivity index (χ1) is 23.3. The van der Waals surface area contributed by atoms with E-state index in [1.165, 1.54) is 29.2 Å². The molecule has 9 nitrogen and oxygen atoms in total. The predicted molar refractivity (Wildman–Crippen MR) is 195 cm³/mol. The molecule has 256 valence electrons. The third-order valence-corrected chi connectivity index (χ3v) is 10.2. The summed E-state index contributed by atoms with van der Waals surface area (Å²) in [6.45, 7) is 7.92. The van der Waals surface area contributed by atoms with Gasteiger partial charge in [-0.15, -0.1) is 23.1 Å². The normalized spacial score (nSPS) is 13.2. The molecular weight excluding hydrogens is 705 g/mol. The highest BCUT2D eigenvalue weighted by atomic mass is 35.5. The standard InChI is InChI=1S/C36H35Cl2N3O6S2/c1-5-46-34(44)29-26-16-17-41(35(45)47-36(2,3)4)20-28(26)49-33(29)40-32(43)30(21-10-7-6-8-11-21)48-24-13-9-12-23(19-24)39-31(42)25-15-14-22(37)18-27(25)38/h6-15,18-19,30H,5,16-17,20H2,1-4H3,(H,39,42)(H,40,43). The Morgan fingerprint density at radius 2 is 1.73 bits per heavy atom. The van der Waals surface area contributed by atoms with Crippen molar-refractivity contribution in [3.63, 3.8) is 0 Å². The first-order valence-electron chi connectivity index (χ1n) is 15.5. The summed E-state index contributed by atoms with van der Waals surface area (Å²) in [7, 11) is 0. The van der Waals surface area contributed by atoms with Gasteiger partial charge in [0.2, 0.25) is 5.91 Å². The number of anilines is 2. The van der Waals surface area contributed by atoms with E-state index in [-0.39, 0.29) is 29.6 Å². The number of ether oxygens (including phenoxy) is 2. The van der Waals surface area contributed by atoms with Gasteiger partial charge in [0, 0.05) is 27.0 Å². The highest BCUT2D eigenvalue weighted by molar-refractivity contribution is 8.00. The minimum atomic E-state index is -0.731. The number of thioether (sulfide) groups is 1. The second kappa shape index (κ2) is 15.7. The van der Waals surface area contributed by atoms with Crippen LogP contribution < -0.4 is 10.6 Å². The van der Waals surface area contributed by atoms with Gasteiger partial charge in [-0.1, -0.05) is 59.6 Å². The summed E-state index contributed by atoms with van der Waals surface area (Å²) in [4.78, 5) is 56.3. The zero-order valence-corrected chi connectivity index (χ0v) is 30.4. The maximum absolute atomic E-state index is 14.1. The number of hydrogen-bond donors (Lipinski definition) is 2. The first kappa shape index (κ1) is 36.3. The molecular formula is C36H35Cl2N3O6S2. The molecule has 1 unspecified atom stereocenters. The van der Waals surface area contributed by atoms with Crippen LogP contribution in [0.25, 0.3) is 0 Å². The maximum atomic E-state index is 14.1. The van der Waals surface area contributed by atoms with Crippen molar-refractivity contribution >= 4 is 80.9 Å². The molecule has 0 bridgehead atoms. The summed E-state index contributed by atoms with van der Waals surface area (Å²) in [6, 6.07) is 21.1. The highest BCUT2D eigenvalue weighted by Gasteiger charge is 2.34. The van der Waals surface area contributed by atoms with Crippen LogP contribution in [-0.2, 0) is 27.2 Å². The van der Waals surface area contributed by atoms with Crippen LogP contribution in [0.5, 0.6) is 0 Å². The lowest BCUT2D eigenvalue weighted by Gasteiger charge is -2.30. The number of carbonyl (C=O) groups excluding carboxylic acids is 4. The van der Waals surface area contributed by atoms with E-state index in [4.69, 9.17) is 32.7 Å². The van der Waals surface area contributed by atoms with Crippen LogP contribution in [0.3, 0.4) is 0 Å². The molecule has 0 saturated heterocycles. The van der Waals surface area contributed by atoms with Crippen LogP contribution >= 0.6 is 46.3 Å². The summed E-state index contributed by atoms with van der Waals surface area (Å²) >= 11 is 14.8. The monoisotopic (exact) mass is 739 g/mol. The topological polar surface area (TPSA) is 114 Å². The average molecular weight is 741 g/mol. The smallest absolute Gasteiger partial charge is 0.410 e. The third kappa shape index (κ3) is 9.16. The Balaban J connectivity index is 1.40. The van der Waals surface area contributed by atoms with Gasteiger partial charge in [-0.05, 0) is 81.6 Å². The maximum Gasteiger partial charge on any atom is 0.410 e. The number of hydrogen-bond acceptors (Lipinski definition) is 8. The summed E-state index contributed by atoms with van der Waals surface area (Å²) in [6.07, 6.45) is -0.0313. The van der Waals surface area contributed by atoms with Crippen molar-refractivity contribution in [2.75, 3.05) is 23.8 Å². The van der Waals surface area contributed by atoms with Crippen LogP contribution in [0, 0.1) is 0 Å². The number of thiophene rings is 1. The number of nitrogens with one attached hydrogen (secondary N) is 2. The van der Waals surface area contributed by atoms with Crippen molar-refractivity contribution in [1.29, 1.82) is 0 Å². The van der Waals surface area contributed by atoms with E-state index < -0.39 is 28.8 Å². The van der Waals surface area contributed by atoms with Gasteiger partial charge < -0.3 is 25.0 Å². The van der Waals surface area contributed by atoms with Gasteiger partial charge in [-0.3, -0.25) is 9.59 Å². The van der Waals surface area contributed by atoms with Gasteiger partial charge in [0.25, 0.3) is 5.91 Å². The van der Waals surface area contributed by atoms with Gasteiger partial charge in [-0.2, -0.15) is 0 Å². The minimum Gasteiger partial charge on any atom is -0.462 e. The second-order valence-electron chi connectivity index (χ2n) is 12.1. The molecule has 49 heavy (non-hydrogen) atoms. The molecule has 0 fully saturated rings. The molecule has 1 aromatic heterocycles. The van der Waals surface area contributed by atoms with Crippen molar-refractivity contribution in [2.45, 2.75) is 56.4 Å². The van der Waals surface area contributed by atoms with Crippen LogP contribution in [0.4, 0.5) is 15.5 Å². The number of halogens is 2. The summed E-state index contributed by atoms with van der Waals surface area (Å²) in [5.41, 5.74) is 1.94. The average Bonchev–Trinajstić information content (AvgIpc) is 3.40. The SMILES string of the molecule is CCOC(=O)c1c(NC(=O)C(Sc2cccc(NC(=O)c3ccc(Cl)cc3Cl)c2)c2ccccc2)sc2c1CCN(C(=O)OC(C)(C)C)C2. The molecule has 4 aromatic rings. The zero-order valence-electron chi connectivity index (χ0n) is 27.3. The lowest BCUT2D eigenvalue weighted by atomic mass is 10.0. The molecule has 0 spiro atoms. The largest absolute Gasteiger partial charge is 0.462 e. The van der Waals surface area contributed by atoms with E-state index in [1.54, 1.807) is 42.2 Å². The number of carbonyl (C=O) groups is 4. The molecule has 2 heterocycles. The Morgan fingerprint density at radius 3 is 2.43 bits per heavy atom. The van der Waals surface area contributed by atoms with Gasteiger partial charge in [0.05, 0.1) is 29.3 Å². The molecule has 5 rings (SSSR count). The van der Waals surface area contributed by atoms with E-state index in [1.807, 2.05) is 57.2 Å². The second-order valence-corrected chi connectivity index (χ2v) is 15.2. The summed E-state index contributed by atoms with van der Waals surface area (Å²) in [5.74, 6) is -1.29. The quantitative estimate of drug-likeness (QED) is 0.130. The Labute approximate surface area is 303 Å². The number of fused-ring (bicyclic) bond motifs is 1. The number of amides is 3. The minimum absolute atomic E-state index is 0.167. The number of rotatable bonds is 9. The Bertz CT molecular complexity index is 1880. The molecule has 1 aliphatic rings. The summed E-state index contributed by atoms with van der Waals surface area (Å²) < 4.78 is 11.0. The van der Waals surface area contributed by atoms with E-state index in [9.17, 15) is 19.2 Å². The van der Waals surface area contributed by atoms with Crippen molar-refractivity contribution in [2.24, 2.45) is 0 Å². The lowest BCUT2D eigenvalue weighted by molar-refractivity contribution is -0.115. The van der Waals surface area contributed by atoms with E-state index in [0.29, 0.717) is 39.1 Å². The third-order valence-electron chi connectivity index (χ3n) is 7.29. The fraction of sp³-hybridized carbons (Fsp3) is 0.278. The molecule has 0 saturated carbocycles. The first-order valence-corrected chi connectivity index (χ1v) is 18.0. The Morgan fingerprint density at radius 1 is 0.980 bits per heavy atom. The Kier molecular flexibility index (Phi) is 11.6. The fourth-order valence-electron chi connectivity index (χ4n) is 5.13. The zero-order chi connectivity index (χ0) is 35.3. The lowest BCUT2D eigenvalue weighted by Crippen LogP contribution is -2.39. The van der Waals surface area contributed by atoms with Gasteiger partial charge in [0.15, 0.2) is 0 Å². The van der Waals surface area contributed by atoms with E-state index >= 15 is 0 Å². The number of benzene rings is 3. The van der Waals surface area contributed by atoms with E-state index in [2.05, 4.69) is 10.6 Å². The predicted octanol–water partition coefficient (Wildman–Crippen LogP) is 9.25. The summed E-state index contributed by atoms with van der Waals surface area (Å²) in [5, 5.41) is 6.15.